The van der Waals surface area contributed by atoms with Crippen LogP contribution in [0.4, 0.5) is 16.4 Å². The number of ether oxygens (including phenoxy) is 1. The Bertz CT molecular complexity index is 755. The minimum absolute atomic E-state index is 0.101. The van der Waals surface area contributed by atoms with Gasteiger partial charge in [-0.2, -0.15) is 0 Å². The van der Waals surface area contributed by atoms with Gasteiger partial charge < -0.3 is 15.2 Å². The van der Waals surface area contributed by atoms with E-state index in [1.165, 1.54) is 0 Å². The predicted octanol–water partition coefficient (Wildman–Crippen LogP) is 3.81. The van der Waals surface area contributed by atoms with Crippen LogP contribution in [0.25, 0.3) is 0 Å². The lowest BCUT2D eigenvalue weighted by molar-refractivity contribution is 0.199. The van der Waals surface area contributed by atoms with Gasteiger partial charge in [0.15, 0.2) is 0 Å². The molecule has 2 aromatic rings. The van der Waals surface area contributed by atoms with E-state index in [2.05, 4.69) is 15.3 Å². The minimum Gasteiger partial charge on any atom is -0.464 e. The standard InChI is InChI=1S/C18H23ClN4O3/c1-12(2)16-13(10-20-7-8-26-3)11-21-17(22-16)23(18(24)25)15-6-4-5-14(19)9-15/h4-6,9,11-12,20H,7-8,10H2,1-3H3,(H,24,25). The lowest BCUT2D eigenvalue weighted by Gasteiger charge is -2.20. The quantitative estimate of drug-likeness (QED) is 0.679. The number of hydrogen-bond donors (Lipinski definition) is 2. The van der Waals surface area contributed by atoms with Gasteiger partial charge >= 0.3 is 6.09 Å². The first kappa shape index (κ1) is 20.1. The number of nitrogens with one attached hydrogen (secondary N) is 1. The third kappa shape index (κ3) is 5.14. The largest absolute Gasteiger partial charge is 0.464 e. The number of hydrogen-bond acceptors (Lipinski definition) is 5. The van der Waals surface area contributed by atoms with Crippen molar-refractivity contribution in [2.24, 2.45) is 0 Å². The first-order chi connectivity index (χ1) is 12.4. The van der Waals surface area contributed by atoms with Crippen LogP contribution in [0, 0.1) is 0 Å². The topological polar surface area (TPSA) is 87.6 Å². The number of rotatable bonds is 8. The van der Waals surface area contributed by atoms with Gasteiger partial charge in [0.25, 0.3) is 0 Å². The molecule has 0 saturated heterocycles. The Morgan fingerprint density at radius 2 is 2.19 bits per heavy atom. The predicted molar refractivity (Wildman–Crippen MR) is 101 cm³/mol. The zero-order valence-corrected chi connectivity index (χ0v) is 15.8. The van der Waals surface area contributed by atoms with E-state index in [9.17, 15) is 9.90 Å². The Balaban J connectivity index is 2.35. The molecule has 2 N–H and O–H groups in total. The van der Waals surface area contributed by atoms with Gasteiger partial charge in [-0.25, -0.2) is 19.7 Å². The Morgan fingerprint density at radius 3 is 2.81 bits per heavy atom. The molecule has 8 heteroatoms. The highest BCUT2D eigenvalue weighted by Gasteiger charge is 2.22. The molecule has 0 bridgehead atoms. The average molecular weight is 379 g/mol. The normalized spacial score (nSPS) is 11.0. The number of aromatic nitrogens is 2. The maximum atomic E-state index is 11.8. The van der Waals surface area contributed by atoms with E-state index in [0.717, 1.165) is 16.2 Å². The van der Waals surface area contributed by atoms with Crippen molar-refractivity contribution in [3.8, 4) is 0 Å². The van der Waals surface area contributed by atoms with E-state index in [1.54, 1.807) is 37.6 Å². The summed E-state index contributed by atoms with van der Waals surface area (Å²) in [7, 11) is 1.65. The summed E-state index contributed by atoms with van der Waals surface area (Å²) in [6, 6.07) is 6.58. The molecule has 140 valence electrons. The fourth-order valence-electron chi connectivity index (χ4n) is 2.48. The first-order valence-corrected chi connectivity index (χ1v) is 8.66. The van der Waals surface area contributed by atoms with E-state index < -0.39 is 6.09 Å². The molecule has 0 aliphatic rings. The van der Waals surface area contributed by atoms with Crippen molar-refractivity contribution in [2.75, 3.05) is 25.2 Å². The molecular weight excluding hydrogens is 356 g/mol. The van der Waals surface area contributed by atoms with Crippen molar-refractivity contribution in [1.82, 2.24) is 15.3 Å². The SMILES string of the molecule is COCCNCc1cnc(N(C(=O)O)c2cccc(Cl)c2)nc1C(C)C. The van der Waals surface area contributed by atoms with Crippen molar-refractivity contribution in [2.45, 2.75) is 26.3 Å². The summed E-state index contributed by atoms with van der Waals surface area (Å²) in [6.45, 7) is 5.92. The summed E-state index contributed by atoms with van der Waals surface area (Å²) in [6.07, 6.45) is 0.491. The molecule has 26 heavy (non-hydrogen) atoms. The van der Waals surface area contributed by atoms with Crippen LogP contribution in [0.15, 0.2) is 30.5 Å². The molecule has 0 aliphatic carbocycles. The highest BCUT2D eigenvalue weighted by molar-refractivity contribution is 6.30. The Hall–Kier alpha value is -2.22. The van der Waals surface area contributed by atoms with Crippen LogP contribution in [0.5, 0.6) is 0 Å². The fourth-order valence-corrected chi connectivity index (χ4v) is 2.66. The molecule has 0 fully saturated rings. The molecule has 0 unspecified atom stereocenters. The third-order valence-corrected chi connectivity index (χ3v) is 3.92. The van der Waals surface area contributed by atoms with Crippen LogP contribution in [0.1, 0.15) is 31.0 Å². The number of benzene rings is 1. The van der Waals surface area contributed by atoms with Gasteiger partial charge in [0.05, 0.1) is 18.0 Å². The van der Waals surface area contributed by atoms with Crippen LogP contribution in [0.2, 0.25) is 5.02 Å². The van der Waals surface area contributed by atoms with E-state index in [1.807, 2.05) is 13.8 Å². The van der Waals surface area contributed by atoms with Gasteiger partial charge in [-0.3, -0.25) is 0 Å². The van der Waals surface area contributed by atoms with Crippen molar-refractivity contribution >= 4 is 29.3 Å². The molecule has 0 atom stereocenters. The van der Waals surface area contributed by atoms with Gasteiger partial charge in [-0.05, 0) is 24.1 Å². The number of nitrogens with zero attached hydrogens (tertiary/aromatic N) is 3. The van der Waals surface area contributed by atoms with Crippen molar-refractivity contribution in [3.63, 3.8) is 0 Å². The summed E-state index contributed by atoms with van der Waals surface area (Å²) >= 11 is 5.99. The molecule has 1 heterocycles. The molecule has 0 spiro atoms. The van der Waals surface area contributed by atoms with Crippen molar-refractivity contribution < 1.29 is 14.6 Å². The van der Waals surface area contributed by atoms with E-state index in [0.29, 0.717) is 30.4 Å². The highest BCUT2D eigenvalue weighted by atomic mass is 35.5. The molecule has 0 radical (unpaired) electrons. The van der Waals surface area contributed by atoms with Crippen LogP contribution in [0.3, 0.4) is 0 Å². The van der Waals surface area contributed by atoms with E-state index in [4.69, 9.17) is 16.3 Å². The lowest BCUT2D eigenvalue weighted by Crippen LogP contribution is -2.27. The summed E-state index contributed by atoms with van der Waals surface area (Å²) in [5.41, 5.74) is 2.12. The van der Waals surface area contributed by atoms with Gasteiger partial charge in [0, 0.05) is 37.0 Å². The third-order valence-electron chi connectivity index (χ3n) is 3.69. The number of carbonyl (C=O) groups is 1. The first-order valence-electron chi connectivity index (χ1n) is 8.28. The number of amides is 1. The number of anilines is 2. The number of carboxylic acid groups (broad SMARTS) is 1. The second kappa shape index (κ2) is 9.47. The van der Waals surface area contributed by atoms with Crippen LogP contribution >= 0.6 is 11.6 Å². The van der Waals surface area contributed by atoms with E-state index in [-0.39, 0.29) is 11.9 Å². The molecule has 1 aromatic carbocycles. The molecule has 0 aliphatic heterocycles. The summed E-state index contributed by atoms with van der Waals surface area (Å²) in [4.78, 5) is 21.6. The smallest absolute Gasteiger partial charge is 0.418 e. The Morgan fingerprint density at radius 1 is 1.42 bits per heavy atom. The maximum Gasteiger partial charge on any atom is 0.418 e. The van der Waals surface area contributed by atoms with Gasteiger partial charge in [-0.1, -0.05) is 31.5 Å². The number of methoxy groups -OCH3 is 1. The van der Waals surface area contributed by atoms with E-state index >= 15 is 0 Å². The number of halogens is 1. The molecule has 1 amide bonds. The fraction of sp³-hybridized carbons (Fsp3) is 0.389. The Kier molecular flexibility index (Phi) is 7.32. The zero-order valence-electron chi connectivity index (χ0n) is 15.1. The lowest BCUT2D eigenvalue weighted by atomic mass is 10.1. The van der Waals surface area contributed by atoms with Crippen LogP contribution in [-0.2, 0) is 11.3 Å². The summed E-state index contributed by atoms with van der Waals surface area (Å²) < 4.78 is 5.02. The van der Waals surface area contributed by atoms with Gasteiger partial charge in [-0.15, -0.1) is 0 Å². The average Bonchev–Trinajstić information content (AvgIpc) is 2.59. The Labute approximate surface area is 158 Å². The summed E-state index contributed by atoms with van der Waals surface area (Å²) in [5, 5.41) is 13.3. The van der Waals surface area contributed by atoms with Crippen LogP contribution in [-0.4, -0.2) is 41.4 Å². The molecular formula is C18H23ClN4O3. The van der Waals surface area contributed by atoms with Crippen molar-refractivity contribution in [3.05, 3.63) is 46.7 Å². The molecule has 7 nitrogen and oxygen atoms in total. The molecule has 0 saturated carbocycles. The van der Waals surface area contributed by atoms with Crippen LogP contribution < -0.4 is 10.2 Å². The second-order valence-electron chi connectivity index (χ2n) is 6.00. The zero-order chi connectivity index (χ0) is 19.1. The molecule has 2 rings (SSSR count). The molecule has 1 aromatic heterocycles. The highest BCUT2D eigenvalue weighted by Crippen LogP contribution is 2.27. The monoisotopic (exact) mass is 378 g/mol. The summed E-state index contributed by atoms with van der Waals surface area (Å²) in [5.74, 6) is 0.218. The second-order valence-corrected chi connectivity index (χ2v) is 6.44. The van der Waals surface area contributed by atoms with Gasteiger partial charge in [0.1, 0.15) is 0 Å². The maximum absolute atomic E-state index is 11.8. The van der Waals surface area contributed by atoms with Crippen molar-refractivity contribution in [1.29, 1.82) is 0 Å². The minimum atomic E-state index is -1.17. The van der Waals surface area contributed by atoms with Gasteiger partial charge in [0.2, 0.25) is 5.95 Å².